The van der Waals surface area contributed by atoms with Gasteiger partial charge in [-0.25, -0.2) is 14.8 Å². The average molecular weight is 890 g/mol. The fourth-order valence-corrected chi connectivity index (χ4v) is 7.94. The van der Waals surface area contributed by atoms with E-state index in [4.69, 9.17) is 10.8 Å². The van der Waals surface area contributed by atoms with E-state index < -0.39 is 36.2 Å². The molecule has 0 saturated carbocycles. The number of thiazole rings is 2. The van der Waals surface area contributed by atoms with Crippen LogP contribution in [0.5, 0.6) is 0 Å². The first kappa shape index (κ1) is 45.6. The number of aromatic carboxylic acids is 1. The van der Waals surface area contributed by atoms with Gasteiger partial charge >= 0.3 is 26.4 Å². The maximum atomic E-state index is 12.7. The molecule has 2 aromatic carbocycles. The number of carboxylic acids is 1. The van der Waals surface area contributed by atoms with Crippen LogP contribution in [0.1, 0.15) is 59.7 Å². The van der Waals surface area contributed by atoms with Crippen molar-refractivity contribution < 1.29 is 53.6 Å². The number of Topliss-reactive ketones (excluding diaryl/α,β-unsaturated/α-hetero) is 1. The number of alkyl halides is 1. The standard InChI is InChI=1S/C16H15F5N2OS2.C8H8N2O2S.C7H8F5NS.CH3Cl/c1-10-9-23-15(11(2)22-16(23)25-10)14(24)8-5-12-3-6-13(7-4-12)26(17,18,19,20)21;1-4-3-10-6(7(11)12)5(2)9-8(10)13-4;8-14(9,10,11,12)7-3-1-6(5-13)2-4-7;1-2/h3-4,6-7,9H,5,8H2,1-2H3;3H,1-2H3,(H,11,12);1-4H,5,13H2;1H3. The molecule has 55 heavy (non-hydrogen) atoms. The molecule has 8 nitrogen and oxygen atoms in total. The van der Waals surface area contributed by atoms with Crippen LogP contribution in [-0.4, -0.2) is 42.0 Å². The zero-order chi connectivity index (χ0) is 42.1. The predicted octanol–water partition coefficient (Wildman–Crippen LogP) is 12.9. The fourth-order valence-electron chi connectivity index (χ4n) is 4.89. The third-order valence-electron chi connectivity index (χ3n) is 7.31. The maximum absolute atomic E-state index is 12.7. The van der Waals surface area contributed by atoms with Gasteiger partial charge in [-0.2, -0.15) is 0 Å². The van der Waals surface area contributed by atoms with Gasteiger partial charge in [0.05, 0.1) is 11.4 Å². The number of carbonyl (C=O) groups excluding carboxylic acids is 1. The van der Waals surface area contributed by atoms with E-state index in [2.05, 4.69) is 21.6 Å². The lowest BCUT2D eigenvalue weighted by atomic mass is 10.1. The van der Waals surface area contributed by atoms with E-state index in [9.17, 15) is 48.4 Å². The van der Waals surface area contributed by atoms with E-state index >= 15 is 0 Å². The number of nitrogens with zero attached hydrogens (tertiary/aromatic N) is 4. The third kappa shape index (κ3) is 11.8. The molecule has 0 aliphatic carbocycles. The Hall–Kier alpha value is -3.83. The summed E-state index contributed by atoms with van der Waals surface area (Å²) in [7, 11) is -19.2. The van der Waals surface area contributed by atoms with Gasteiger partial charge in [-0.15, -0.1) is 34.3 Å². The van der Waals surface area contributed by atoms with Crippen molar-refractivity contribution in [3.05, 3.63) is 105 Å². The van der Waals surface area contributed by atoms with Crippen LogP contribution in [0.25, 0.3) is 9.92 Å². The summed E-state index contributed by atoms with van der Waals surface area (Å²) in [6.07, 6.45) is 5.26. The minimum atomic E-state index is -9.66. The largest absolute Gasteiger partial charge is 0.477 e. The van der Waals surface area contributed by atoms with Crippen LogP contribution in [-0.2, 0) is 13.0 Å². The molecule has 6 aromatic rings. The van der Waals surface area contributed by atoms with Gasteiger partial charge in [0, 0.05) is 41.5 Å². The summed E-state index contributed by atoms with van der Waals surface area (Å²) in [5, 5.41) is 8.91. The molecule has 0 aliphatic heterocycles. The normalized spacial score (nSPS) is 14.2. The van der Waals surface area contributed by atoms with E-state index in [1.165, 1.54) is 29.1 Å². The number of fused-ring (bicyclic) bond motifs is 2. The number of carboxylic acid groups (broad SMARTS) is 1. The molecule has 0 unspecified atom stereocenters. The summed E-state index contributed by atoms with van der Waals surface area (Å²) in [4.78, 5) is 31.5. The number of hydrogen-bond acceptors (Lipinski definition) is 7. The van der Waals surface area contributed by atoms with Gasteiger partial charge in [0.15, 0.2) is 21.4 Å². The van der Waals surface area contributed by atoms with E-state index in [1.807, 2.05) is 13.8 Å². The SMILES string of the molecule is CCl.Cc1cn2c(C(=O)CCc3ccc(S(F)(F)(F)(F)F)cc3)c(C)nc2s1.Cc1cn2c(C(=O)O)c(C)nc2s1.NCc1ccc(S(F)(F)(F)(F)F)cc1. The van der Waals surface area contributed by atoms with Gasteiger partial charge in [0.1, 0.15) is 15.5 Å². The zero-order valence-corrected chi connectivity index (χ0v) is 33.3. The molecular formula is C32H34ClF10N5O3S4. The molecule has 0 fully saturated rings. The van der Waals surface area contributed by atoms with Crippen LogP contribution in [0, 0.1) is 27.7 Å². The van der Waals surface area contributed by atoms with Crippen molar-refractivity contribution in [1.82, 2.24) is 18.8 Å². The van der Waals surface area contributed by atoms with Crippen molar-refractivity contribution in [2.24, 2.45) is 5.73 Å². The highest BCUT2D eigenvalue weighted by Gasteiger charge is 2.66. The van der Waals surface area contributed by atoms with Gasteiger partial charge < -0.3 is 10.8 Å². The Labute approximate surface area is 321 Å². The van der Waals surface area contributed by atoms with E-state index in [1.54, 1.807) is 35.0 Å². The van der Waals surface area contributed by atoms with E-state index in [-0.39, 0.29) is 30.9 Å². The van der Waals surface area contributed by atoms with Gasteiger partial charge in [-0.05, 0) is 69.5 Å². The summed E-state index contributed by atoms with van der Waals surface area (Å²) >= 11 is 7.58. The van der Waals surface area contributed by atoms with Crippen LogP contribution in [0.3, 0.4) is 0 Å². The first-order valence-electron chi connectivity index (χ1n) is 15.3. The second-order valence-electron chi connectivity index (χ2n) is 11.7. The summed E-state index contributed by atoms with van der Waals surface area (Å²) in [5.41, 5.74) is 7.72. The molecule has 0 atom stereocenters. The number of rotatable bonds is 8. The number of aromatic nitrogens is 4. The molecule has 306 valence electrons. The molecule has 4 heterocycles. The number of halogens is 11. The second-order valence-corrected chi connectivity index (χ2v) is 19.0. The first-order valence-corrected chi connectivity index (χ1v) is 21.6. The highest BCUT2D eigenvalue weighted by Crippen LogP contribution is 3.02. The molecule has 0 radical (unpaired) electrons. The topological polar surface area (TPSA) is 115 Å². The minimum Gasteiger partial charge on any atom is -0.477 e. The minimum absolute atomic E-state index is 0.0145. The van der Waals surface area contributed by atoms with Crippen molar-refractivity contribution >= 4 is 76.4 Å². The smallest absolute Gasteiger partial charge is 0.354 e. The molecule has 0 saturated heterocycles. The van der Waals surface area contributed by atoms with Crippen molar-refractivity contribution in [3.8, 4) is 0 Å². The lowest BCUT2D eigenvalue weighted by Gasteiger charge is -2.40. The fraction of sp³-hybridized carbons (Fsp3) is 0.250. The van der Waals surface area contributed by atoms with Crippen LogP contribution in [0.15, 0.2) is 70.7 Å². The van der Waals surface area contributed by atoms with Crippen molar-refractivity contribution in [2.75, 3.05) is 6.38 Å². The summed E-state index contributed by atoms with van der Waals surface area (Å²) in [6.45, 7) is 7.26. The molecule has 0 bridgehead atoms. The zero-order valence-electron chi connectivity index (χ0n) is 29.3. The molecule has 6 rings (SSSR count). The Bertz CT molecular complexity index is 2340. The van der Waals surface area contributed by atoms with Crippen molar-refractivity contribution in [1.29, 1.82) is 0 Å². The highest BCUT2D eigenvalue weighted by molar-refractivity contribution is 8.46. The van der Waals surface area contributed by atoms with Gasteiger partial charge in [-0.3, -0.25) is 13.6 Å². The number of imidazole rings is 2. The molecule has 4 aromatic heterocycles. The van der Waals surface area contributed by atoms with Crippen molar-refractivity contribution in [3.63, 3.8) is 0 Å². The van der Waals surface area contributed by atoms with Gasteiger partial charge in [-0.1, -0.05) is 63.1 Å². The number of hydrogen-bond donors (Lipinski definition) is 2. The average Bonchev–Trinajstić information content (AvgIpc) is 3.76. The second kappa shape index (κ2) is 14.6. The Morgan fingerprint density at radius 3 is 1.40 bits per heavy atom. The summed E-state index contributed by atoms with van der Waals surface area (Å²) in [5.74, 6) is -1.13. The lowest BCUT2D eigenvalue weighted by molar-refractivity contribution is 0.0688. The first-order chi connectivity index (χ1) is 24.9. The summed E-state index contributed by atoms with van der Waals surface area (Å²) < 4.78 is 128. The molecule has 0 aliphatic rings. The monoisotopic (exact) mass is 889 g/mol. The molecule has 0 spiro atoms. The van der Waals surface area contributed by atoms with Gasteiger partial charge in [0.25, 0.3) is 0 Å². The quantitative estimate of drug-likeness (QED) is 0.0893. The number of benzene rings is 2. The number of aryl methyl sites for hydroxylation is 5. The maximum Gasteiger partial charge on any atom is 0.354 e. The summed E-state index contributed by atoms with van der Waals surface area (Å²) in [6, 6.07) is 5.27. The number of carbonyl (C=O) groups is 2. The predicted molar refractivity (Wildman–Crippen MR) is 200 cm³/mol. The Morgan fingerprint density at radius 2 is 1.04 bits per heavy atom. The number of nitrogens with two attached hydrogens (primary N) is 1. The van der Waals surface area contributed by atoms with Crippen LogP contribution < -0.4 is 5.73 Å². The molecule has 23 heteroatoms. The van der Waals surface area contributed by atoms with Crippen molar-refractivity contribution in [2.45, 2.75) is 56.9 Å². The molecule has 3 N–H and O–H groups in total. The van der Waals surface area contributed by atoms with E-state index in [0.29, 0.717) is 57.4 Å². The van der Waals surface area contributed by atoms with Crippen LogP contribution >= 0.6 is 54.7 Å². The van der Waals surface area contributed by atoms with Crippen LogP contribution in [0.4, 0.5) is 38.9 Å². The molecular weight excluding hydrogens is 856 g/mol. The Morgan fingerprint density at radius 1 is 0.673 bits per heavy atom. The van der Waals surface area contributed by atoms with E-state index in [0.717, 1.165) is 39.0 Å². The lowest BCUT2D eigenvalue weighted by Crippen LogP contribution is -2.07. The number of ketones is 1. The van der Waals surface area contributed by atoms with Crippen LogP contribution in [0.2, 0.25) is 0 Å². The Balaban J connectivity index is 0.000000236. The van der Waals surface area contributed by atoms with Gasteiger partial charge in [0.2, 0.25) is 0 Å². The Kier molecular flexibility index (Phi) is 12.1. The highest BCUT2D eigenvalue weighted by atomic mass is 35.5. The third-order valence-corrected chi connectivity index (χ3v) is 11.4. The molecule has 0 amide bonds.